The van der Waals surface area contributed by atoms with Crippen molar-refractivity contribution in [3.63, 3.8) is 0 Å². The van der Waals surface area contributed by atoms with Crippen molar-refractivity contribution in [2.24, 2.45) is 5.14 Å². The van der Waals surface area contributed by atoms with E-state index in [1.54, 1.807) is 0 Å². The van der Waals surface area contributed by atoms with Crippen LogP contribution in [0, 0.1) is 11.8 Å². The Labute approximate surface area is 256 Å². The van der Waals surface area contributed by atoms with Crippen LogP contribution in [0.5, 0.6) is 0 Å². The van der Waals surface area contributed by atoms with Crippen LogP contribution in [0.2, 0.25) is 0 Å². The van der Waals surface area contributed by atoms with Crippen molar-refractivity contribution < 1.29 is 56.4 Å². The van der Waals surface area contributed by atoms with Gasteiger partial charge in [-0.05, 0) is 30.2 Å². The van der Waals surface area contributed by atoms with Gasteiger partial charge in [-0.25, -0.2) is 18.2 Å². The van der Waals surface area contributed by atoms with Crippen molar-refractivity contribution >= 4 is 45.7 Å². The van der Waals surface area contributed by atoms with Crippen LogP contribution >= 0.6 is 11.8 Å². The van der Waals surface area contributed by atoms with Crippen LogP contribution in [-0.2, 0) is 58.6 Å². The minimum atomic E-state index is -3.94. The highest BCUT2D eigenvalue weighted by atomic mass is 32.2. The molecular weight excluding hydrogens is 624 g/mol. The monoisotopic (exact) mass is 654 g/mol. The Kier molecular flexibility index (Phi) is 11.8. The standard InChI is InChI=1S/C26H30N4O12S2/c1-14(32)38-12-22-23(39-15(2)33)24(40-16(3)34)25(41-17(4)35)26(42-22)43-13-20-21(6-5-11-31)30(29-28-20)18-7-9-19(10-8-18)44(27,36)37/h7-10,22-26,31H,11-13H2,1-4H3,(H2,27,36,37)/t22-,23+,24+,25-,26+/m1/s1. The number of esters is 4. The van der Waals surface area contributed by atoms with Crippen LogP contribution < -0.4 is 5.14 Å². The third kappa shape index (κ3) is 9.24. The number of ether oxygens (including phenoxy) is 5. The zero-order valence-corrected chi connectivity index (χ0v) is 25.6. The van der Waals surface area contributed by atoms with Crippen molar-refractivity contribution in [1.82, 2.24) is 15.0 Å². The molecule has 1 saturated heterocycles. The topological polar surface area (TPSA) is 226 Å². The number of hydrogen-bond acceptors (Lipinski definition) is 15. The molecule has 238 valence electrons. The fraction of sp³-hybridized carbons (Fsp3) is 0.462. The summed E-state index contributed by atoms with van der Waals surface area (Å²) in [6.45, 7) is 3.68. The Balaban J connectivity index is 1.99. The quantitative estimate of drug-likeness (QED) is 0.188. The van der Waals surface area contributed by atoms with Gasteiger partial charge in [-0.15, -0.1) is 16.9 Å². The van der Waals surface area contributed by atoms with Crippen molar-refractivity contribution in [3.05, 3.63) is 35.7 Å². The summed E-state index contributed by atoms with van der Waals surface area (Å²) in [6.07, 6.45) is -5.05. The van der Waals surface area contributed by atoms with Gasteiger partial charge in [-0.2, -0.15) is 0 Å². The van der Waals surface area contributed by atoms with Crippen molar-refractivity contribution in [1.29, 1.82) is 0 Å². The molecule has 0 radical (unpaired) electrons. The summed E-state index contributed by atoms with van der Waals surface area (Å²) in [5.74, 6) is 2.39. The summed E-state index contributed by atoms with van der Waals surface area (Å²) < 4.78 is 52.1. The highest BCUT2D eigenvalue weighted by Crippen LogP contribution is 2.36. The minimum Gasteiger partial charge on any atom is -0.463 e. The van der Waals surface area contributed by atoms with Crippen molar-refractivity contribution in [3.8, 4) is 17.5 Å². The van der Waals surface area contributed by atoms with Gasteiger partial charge in [0, 0.05) is 33.4 Å². The van der Waals surface area contributed by atoms with E-state index in [2.05, 4.69) is 22.2 Å². The average Bonchev–Trinajstić information content (AvgIpc) is 3.33. The van der Waals surface area contributed by atoms with Gasteiger partial charge >= 0.3 is 23.9 Å². The molecule has 0 bridgehead atoms. The van der Waals surface area contributed by atoms with E-state index in [9.17, 15) is 32.7 Å². The third-order valence-electron chi connectivity index (χ3n) is 5.77. The second-order valence-corrected chi connectivity index (χ2v) is 11.8. The maximum absolute atomic E-state index is 12.1. The highest BCUT2D eigenvalue weighted by molar-refractivity contribution is 7.99. The molecule has 3 rings (SSSR count). The molecule has 0 saturated carbocycles. The van der Waals surface area contributed by atoms with Gasteiger partial charge in [0.05, 0.1) is 10.6 Å². The molecule has 1 aliphatic rings. The zero-order chi connectivity index (χ0) is 32.6. The summed E-state index contributed by atoms with van der Waals surface area (Å²) in [5, 5.41) is 22.8. The van der Waals surface area contributed by atoms with Gasteiger partial charge < -0.3 is 28.8 Å². The zero-order valence-electron chi connectivity index (χ0n) is 24.0. The Morgan fingerprint density at radius 3 is 2.11 bits per heavy atom. The number of hydrogen-bond donors (Lipinski definition) is 2. The van der Waals surface area contributed by atoms with E-state index in [0.29, 0.717) is 11.4 Å². The molecule has 0 amide bonds. The molecule has 16 nitrogen and oxygen atoms in total. The maximum Gasteiger partial charge on any atom is 0.303 e. The SMILES string of the molecule is CC(=O)OC[C@H]1O[C@@H](SCc2nnn(-c3ccc(S(N)(=O)=O)cc3)c2C#CCO)[C@H](OC(C)=O)[C@@H](OC(C)=O)[C@H]1OC(C)=O. The van der Waals surface area contributed by atoms with E-state index in [4.69, 9.17) is 28.8 Å². The molecule has 3 N–H and O–H groups in total. The summed E-state index contributed by atoms with van der Waals surface area (Å²) in [7, 11) is -3.94. The molecule has 1 aromatic carbocycles. The number of carbonyl (C=O) groups is 4. The molecule has 1 aliphatic heterocycles. The summed E-state index contributed by atoms with van der Waals surface area (Å²) >= 11 is 1.04. The Morgan fingerprint density at radius 2 is 1.57 bits per heavy atom. The lowest BCUT2D eigenvalue weighted by molar-refractivity contribution is -0.237. The van der Waals surface area contributed by atoms with E-state index in [-0.39, 0.29) is 22.9 Å². The van der Waals surface area contributed by atoms with Crippen LogP contribution in [0.25, 0.3) is 5.69 Å². The molecule has 0 unspecified atom stereocenters. The van der Waals surface area contributed by atoms with E-state index in [0.717, 1.165) is 32.5 Å². The van der Waals surface area contributed by atoms with Crippen LogP contribution in [0.4, 0.5) is 0 Å². The van der Waals surface area contributed by atoms with E-state index in [1.807, 2.05) is 0 Å². The third-order valence-corrected chi connectivity index (χ3v) is 7.85. The number of primary sulfonamides is 1. The smallest absolute Gasteiger partial charge is 0.303 e. The van der Waals surface area contributed by atoms with Gasteiger partial charge in [-0.3, -0.25) is 19.2 Å². The van der Waals surface area contributed by atoms with Gasteiger partial charge in [0.15, 0.2) is 18.3 Å². The second-order valence-electron chi connectivity index (χ2n) is 9.17. The number of nitrogens with zero attached hydrogens (tertiary/aromatic N) is 3. The first kappa shape index (κ1) is 34.5. The van der Waals surface area contributed by atoms with Crippen LogP contribution in [0.1, 0.15) is 39.1 Å². The molecule has 1 fully saturated rings. The maximum atomic E-state index is 12.1. The lowest BCUT2D eigenvalue weighted by Crippen LogP contribution is -2.61. The molecule has 0 aliphatic carbocycles. The fourth-order valence-electron chi connectivity index (χ4n) is 4.10. The predicted octanol–water partition coefficient (Wildman–Crippen LogP) is -0.425. The average molecular weight is 655 g/mol. The first-order chi connectivity index (χ1) is 20.7. The molecule has 0 spiro atoms. The Bertz CT molecular complexity index is 1550. The molecule has 2 aromatic rings. The number of nitrogens with two attached hydrogens (primary N) is 1. The number of rotatable bonds is 10. The van der Waals surface area contributed by atoms with Crippen LogP contribution in [0.3, 0.4) is 0 Å². The first-order valence-corrected chi connectivity index (χ1v) is 15.4. The first-order valence-electron chi connectivity index (χ1n) is 12.8. The van der Waals surface area contributed by atoms with Gasteiger partial charge in [0.25, 0.3) is 0 Å². The molecular formula is C26H30N4O12S2. The Hall–Kier alpha value is -4.02. The number of aliphatic hydroxyl groups excluding tert-OH is 1. The minimum absolute atomic E-state index is 0.0123. The Morgan fingerprint density at radius 1 is 0.977 bits per heavy atom. The number of aliphatic hydroxyl groups is 1. The summed E-state index contributed by atoms with van der Waals surface area (Å²) in [5.41, 5.74) is -0.163. The highest BCUT2D eigenvalue weighted by Gasteiger charge is 2.52. The van der Waals surface area contributed by atoms with E-state index < -0.39 is 70.4 Å². The number of thioether (sulfide) groups is 1. The van der Waals surface area contributed by atoms with Gasteiger partial charge in [-0.1, -0.05) is 11.1 Å². The largest absolute Gasteiger partial charge is 0.463 e. The molecule has 2 heterocycles. The molecule has 1 aromatic heterocycles. The van der Waals surface area contributed by atoms with Crippen molar-refractivity contribution in [2.75, 3.05) is 13.2 Å². The van der Waals surface area contributed by atoms with Crippen LogP contribution in [-0.4, -0.2) is 95.5 Å². The summed E-state index contributed by atoms with van der Waals surface area (Å²) in [6, 6.07) is 5.44. The van der Waals surface area contributed by atoms with Gasteiger partial charge in [0.1, 0.15) is 36.1 Å². The number of carbonyl (C=O) groups excluding carboxylic acids is 4. The lowest BCUT2D eigenvalue weighted by Gasteiger charge is -2.44. The fourth-order valence-corrected chi connectivity index (χ4v) is 5.75. The molecule has 5 atom stereocenters. The van der Waals surface area contributed by atoms with E-state index >= 15 is 0 Å². The molecule has 18 heteroatoms. The van der Waals surface area contributed by atoms with E-state index in [1.165, 1.54) is 35.9 Å². The summed E-state index contributed by atoms with van der Waals surface area (Å²) in [4.78, 5) is 47.5. The number of aromatic nitrogens is 3. The lowest BCUT2D eigenvalue weighted by atomic mass is 9.99. The molecule has 44 heavy (non-hydrogen) atoms. The van der Waals surface area contributed by atoms with Crippen LogP contribution in [0.15, 0.2) is 29.2 Å². The van der Waals surface area contributed by atoms with Gasteiger partial charge in [0.2, 0.25) is 10.0 Å². The normalized spacial score (nSPS) is 21.4. The second kappa shape index (κ2) is 15.1. The predicted molar refractivity (Wildman–Crippen MR) is 150 cm³/mol. The number of benzene rings is 1. The number of sulfonamides is 1. The van der Waals surface area contributed by atoms with Crippen molar-refractivity contribution in [2.45, 2.75) is 68.2 Å².